The maximum absolute atomic E-state index is 10.9. The zero-order valence-electron chi connectivity index (χ0n) is 7.99. The molecule has 0 aliphatic rings. The molecule has 66 valence electrons. The van der Waals surface area contributed by atoms with Crippen LogP contribution in [0.1, 0.15) is 41.0 Å². The molecule has 0 aliphatic heterocycles. The molecule has 0 rings (SSSR count). The fourth-order valence-corrected chi connectivity index (χ4v) is 0.973. The zero-order valence-corrected chi connectivity index (χ0v) is 9.58. The van der Waals surface area contributed by atoms with E-state index in [4.69, 9.17) is 0 Å². The van der Waals surface area contributed by atoms with Crippen molar-refractivity contribution in [3.63, 3.8) is 0 Å². The standard InChI is InChI=1S/C9H17BrO/c1-7(11)6-8(2,3)9(4,5)10/h6H2,1-5H3. The number of Topliss-reactive ketones (excluding diaryl/α,β-unsaturated/α-hetero) is 1. The third-order valence-corrected chi connectivity index (χ3v) is 3.37. The van der Waals surface area contributed by atoms with Crippen LogP contribution in [0, 0.1) is 5.41 Å². The summed E-state index contributed by atoms with van der Waals surface area (Å²) in [6.07, 6.45) is 0.630. The second-order valence-corrected chi connectivity index (χ2v) is 6.22. The van der Waals surface area contributed by atoms with Crippen molar-refractivity contribution in [3.05, 3.63) is 0 Å². The predicted octanol–water partition coefficient (Wildman–Crippen LogP) is 3.17. The van der Waals surface area contributed by atoms with Crippen LogP contribution in [0.4, 0.5) is 0 Å². The number of alkyl halides is 1. The number of hydrogen-bond acceptors (Lipinski definition) is 1. The minimum absolute atomic E-state index is 0.0195. The molecule has 0 radical (unpaired) electrons. The molecular weight excluding hydrogens is 204 g/mol. The van der Waals surface area contributed by atoms with E-state index in [1.807, 2.05) is 0 Å². The summed E-state index contributed by atoms with van der Waals surface area (Å²) in [5.74, 6) is 0.252. The first-order chi connectivity index (χ1) is 4.67. The Labute approximate surface area is 77.7 Å². The van der Waals surface area contributed by atoms with Crippen molar-refractivity contribution in [1.29, 1.82) is 0 Å². The smallest absolute Gasteiger partial charge is 0.130 e. The van der Waals surface area contributed by atoms with Crippen molar-refractivity contribution < 1.29 is 4.79 Å². The highest BCUT2D eigenvalue weighted by Crippen LogP contribution is 2.40. The van der Waals surface area contributed by atoms with Gasteiger partial charge in [0.15, 0.2) is 0 Å². The zero-order chi connectivity index (χ0) is 9.28. The van der Waals surface area contributed by atoms with Gasteiger partial charge in [0.05, 0.1) is 0 Å². The monoisotopic (exact) mass is 220 g/mol. The molecular formula is C9H17BrO. The molecule has 0 aromatic carbocycles. The van der Waals surface area contributed by atoms with Crippen molar-refractivity contribution in [1.82, 2.24) is 0 Å². The largest absolute Gasteiger partial charge is 0.300 e. The summed E-state index contributed by atoms with van der Waals surface area (Å²) in [5, 5.41) is 0. The molecule has 2 heteroatoms. The lowest BCUT2D eigenvalue weighted by atomic mass is 9.77. The highest BCUT2D eigenvalue weighted by atomic mass is 79.9. The normalized spacial score (nSPS) is 13.3. The van der Waals surface area contributed by atoms with E-state index in [-0.39, 0.29) is 15.5 Å². The van der Waals surface area contributed by atoms with Gasteiger partial charge < -0.3 is 4.79 Å². The molecule has 0 saturated carbocycles. The Hall–Kier alpha value is 0.150. The lowest BCUT2D eigenvalue weighted by Crippen LogP contribution is -2.34. The number of carbonyl (C=O) groups is 1. The molecule has 0 N–H and O–H groups in total. The van der Waals surface area contributed by atoms with Gasteiger partial charge in [-0.1, -0.05) is 29.8 Å². The van der Waals surface area contributed by atoms with E-state index in [0.29, 0.717) is 6.42 Å². The highest BCUT2D eigenvalue weighted by molar-refractivity contribution is 9.10. The maximum Gasteiger partial charge on any atom is 0.130 e. The molecule has 0 amide bonds. The van der Waals surface area contributed by atoms with Gasteiger partial charge in [-0.3, -0.25) is 0 Å². The van der Waals surface area contributed by atoms with Gasteiger partial charge in [0.25, 0.3) is 0 Å². The molecule has 0 atom stereocenters. The predicted molar refractivity (Wildman–Crippen MR) is 52.1 cm³/mol. The van der Waals surface area contributed by atoms with Crippen LogP contribution >= 0.6 is 15.9 Å². The van der Waals surface area contributed by atoms with Crippen LogP contribution in [-0.4, -0.2) is 10.1 Å². The Morgan fingerprint density at radius 3 is 1.73 bits per heavy atom. The Balaban J connectivity index is 4.34. The van der Waals surface area contributed by atoms with Crippen LogP contribution in [0.25, 0.3) is 0 Å². The number of hydrogen-bond donors (Lipinski definition) is 0. The van der Waals surface area contributed by atoms with Gasteiger partial charge in [0, 0.05) is 10.7 Å². The summed E-state index contributed by atoms with van der Waals surface area (Å²) in [7, 11) is 0. The first-order valence-corrected chi connectivity index (χ1v) is 4.64. The topological polar surface area (TPSA) is 17.1 Å². The molecule has 0 unspecified atom stereocenters. The van der Waals surface area contributed by atoms with E-state index >= 15 is 0 Å². The molecule has 11 heavy (non-hydrogen) atoms. The van der Waals surface area contributed by atoms with Crippen LogP contribution in [-0.2, 0) is 4.79 Å². The van der Waals surface area contributed by atoms with E-state index < -0.39 is 0 Å². The van der Waals surface area contributed by atoms with Crippen molar-refractivity contribution in [3.8, 4) is 0 Å². The van der Waals surface area contributed by atoms with E-state index in [0.717, 1.165) is 0 Å². The highest BCUT2D eigenvalue weighted by Gasteiger charge is 2.35. The van der Waals surface area contributed by atoms with Gasteiger partial charge in [-0.05, 0) is 26.2 Å². The fraction of sp³-hybridized carbons (Fsp3) is 0.889. The van der Waals surface area contributed by atoms with Crippen molar-refractivity contribution >= 4 is 21.7 Å². The average molecular weight is 221 g/mol. The second-order valence-electron chi connectivity index (χ2n) is 4.24. The Bertz CT molecular complexity index is 153. The number of rotatable bonds is 3. The van der Waals surface area contributed by atoms with E-state index in [2.05, 4.69) is 43.6 Å². The molecule has 1 nitrogen and oxygen atoms in total. The van der Waals surface area contributed by atoms with Crippen LogP contribution < -0.4 is 0 Å². The summed E-state index contributed by atoms with van der Waals surface area (Å²) in [6.45, 7) is 10.0. The summed E-state index contributed by atoms with van der Waals surface area (Å²) >= 11 is 3.58. The molecule has 0 heterocycles. The average Bonchev–Trinajstić information content (AvgIpc) is 1.56. The first-order valence-electron chi connectivity index (χ1n) is 3.85. The summed E-state index contributed by atoms with van der Waals surface area (Å²) in [6, 6.07) is 0. The molecule has 0 fully saturated rings. The van der Waals surface area contributed by atoms with Gasteiger partial charge in [-0.25, -0.2) is 0 Å². The lowest BCUT2D eigenvalue weighted by molar-refractivity contribution is -0.119. The fourth-order valence-electron chi connectivity index (χ4n) is 0.833. The minimum Gasteiger partial charge on any atom is -0.300 e. The van der Waals surface area contributed by atoms with Crippen molar-refractivity contribution in [2.45, 2.75) is 45.4 Å². The van der Waals surface area contributed by atoms with Gasteiger partial charge in [-0.15, -0.1) is 0 Å². The molecule has 0 saturated heterocycles. The van der Waals surface area contributed by atoms with Gasteiger partial charge in [-0.2, -0.15) is 0 Å². The molecule has 0 aromatic heterocycles. The third-order valence-electron chi connectivity index (χ3n) is 2.30. The summed E-state index contributed by atoms with van der Waals surface area (Å²) < 4.78 is 0.0195. The van der Waals surface area contributed by atoms with Crippen LogP contribution in [0.3, 0.4) is 0 Å². The second kappa shape index (κ2) is 3.26. The van der Waals surface area contributed by atoms with Crippen LogP contribution in [0.15, 0.2) is 0 Å². The van der Waals surface area contributed by atoms with Gasteiger partial charge in [0.1, 0.15) is 5.78 Å². The molecule has 0 spiro atoms. The van der Waals surface area contributed by atoms with E-state index in [9.17, 15) is 4.79 Å². The number of halogens is 1. The van der Waals surface area contributed by atoms with Crippen LogP contribution in [0.5, 0.6) is 0 Å². The number of ketones is 1. The van der Waals surface area contributed by atoms with Crippen molar-refractivity contribution in [2.75, 3.05) is 0 Å². The Kier molecular flexibility index (Phi) is 3.30. The Morgan fingerprint density at radius 2 is 1.64 bits per heavy atom. The summed E-state index contributed by atoms with van der Waals surface area (Å²) in [5.41, 5.74) is 0.0266. The Morgan fingerprint density at radius 1 is 1.27 bits per heavy atom. The third kappa shape index (κ3) is 3.37. The molecule has 0 bridgehead atoms. The van der Waals surface area contributed by atoms with E-state index in [1.54, 1.807) is 6.92 Å². The maximum atomic E-state index is 10.9. The van der Waals surface area contributed by atoms with Crippen molar-refractivity contribution in [2.24, 2.45) is 5.41 Å². The molecule has 0 aromatic rings. The van der Waals surface area contributed by atoms with Gasteiger partial charge in [0.2, 0.25) is 0 Å². The lowest BCUT2D eigenvalue weighted by Gasteiger charge is -2.36. The SMILES string of the molecule is CC(=O)CC(C)(C)C(C)(C)Br. The quantitative estimate of drug-likeness (QED) is 0.669. The minimum atomic E-state index is 0.0195. The van der Waals surface area contributed by atoms with Gasteiger partial charge >= 0.3 is 0 Å². The first kappa shape index (κ1) is 11.2. The molecule has 0 aliphatic carbocycles. The number of carbonyl (C=O) groups excluding carboxylic acids is 1. The van der Waals surface area contributed by atoms with Crippen LogP contribution in [0.2, 0.25) is 0 Å². The van der Waals surface area contributed by atoms with E-state index in [1.165, 1.54) is 0 Å². The summed E-state index contributed by atoms with van der Waals surface area (Å²) in [4.78, 5) is 10.9.